The molecular weight excluding hydrogens is 274 g/mol. The fraction of sp³-hybridized carbons (Fsp3) is 0.182. The van der Waals surface area contributed by atoms with Crippen molar-refractivity contribution in [3.8, 4) is 5.75 Å². The third-order valence-corrected chi connectivity index (χ3v) is 2.91. The number of benzene rings is 1. The predicted octanol–water partition coefficient (Wildman–Crippen LogP) is 2.60. The van der Waals surface area contributed by atoms with Gasteiger partial charge in [-0.3, -0.25) is 10.1 Å². The third-order valence-electron chi connectivity index (χ3n) is 2.07. The van der Waals surface area contributed by atoms with Crippen molar-refractivity contribution in [1.29, 1.82) is 0 Å². The van der Waals surface area contributed by atoms with Gasteiger partial charge < -0.3 is 4.74 Å². The fourth-order valence-corrected chi connectivity index (χ4v) is 1.86. The van der Waals surface area contributed by atoms with Crippen LogP contribution in [-0.2, 0) is 4.79 Å². The van der Waals surface area contributed by atoms with Crippen molar-refractivity contribution in [2.45, 2.75) is 13.0 Å². The zero-order chi connectivity index (χ0) is 13.0. The summed E-state index contributed by atoms with van der Waals surface area (Å²) in [5.41, 5.74) is 1.54. The first kappa shape index (κ1) is 12.8. The fourth-order valence-electron chi connectivity index (χ4n) is 1.23. The molecule has 1 heterocycles. The highest BCUT2D eigenvalue weighted by atomic mass is 35.5. The number of rotatable bonds is 4. The Bertz CT molecular complexity index is 533. The van der Waals surface area contributed by atoms with Gasteiger partial charge in [0.25, 0.3) is 5.91 Å². The van der Waals surface area contributed by atoms with Gasteiger partial charge in [0, 0.05) is 5.02 Å². The Morgan fingerprint density at radius 1 is 1.56 bits per heavy atom. The van der Waals surface area contributed by atoms with Gasteiger partial charge >= 0.3 is 0 Å². The molecule has 1 N–H and O–H groups in total. The number of hydrogen-bond acceptors (Lipinski definition) is 5. The van der Waals surface area contributed by atoms with Gasteiger partial charge in [-0.15, -0.1) is 10.2 Å². The number of carbonyl (C=O) groups is 1. The first-order valence-corrected chi connectivity index (χ1v) is 6.40. The molecule has 7 heteroatoms. The number of nitrogens with zero attached hydrogens (tertiary/aromatic N) is 2. The molecule has 0 aliphatic carbocycles. The van der Waals surface area contributed by atoms with Crippen LogP contribution in [0.15, 0.2) is 29.8 Å². The zero-order valence-corrected chi connectivity index (χ0v) is 11.0. The summed E-state index contributed by atoms with van der Waals surface area (Å²) < 4.78 is 5.47. The van der Waals surface area contributed by atoms with Crippen molar-refractivity contribution in [3.05, 3.63) is 34.8 Å². The summed E-state index contributed by atoms with van der Waals surface area (Å²) in [4.78, 5) is 11.8. The summed E-state index contributed by atoms with van der Waals surface area (Å²) in [6.45, 7) is 1.65. The standard InChI is InChI=1S/C11H10ClN3O2S/c1-7(10(16)14-11-15-13-6-18-11)17-9-4-2-3-8(12)5-9/h2-7H,1H3,(H,14,15,16). The zero-order valence-electron chi connectivity index (χ0n) is 9.46. The lowest BCUT2D eigenvalue weighted by Crippen LogP contribution is -2.30. The molecule has 0 spiro atoms. The second-order valence-electron chi connectivity index (χ2n) is 3.45. The van der Waals surface area contributed by atoms with Gasteiger partial charge in [-0.25, -0.2) is 0 Å². The lowest BCUT2D eigenvalue weighted by molar-refractivity contribution is -0.122. The van der Waals surface area contributed by atoms with E-state index in [2.05, 4.69) is 15.5 Å². The number of nitrogens with one attached hydrogen (secondary N) is 1. The van der Waals surface area contributed by atoms with E-state index in [0.717, 1.165) is 0 Å². The Morgan fingerprint density at radius 3 is 3.06 bits per heavy atom. The SMILES string of the molecule is CC(Oc1cccc(Cl)c1)C(=O)Nc1nncs1. The van der Waals surface area contributed by atoms with Gasteiger partial charge in [-0.1, -0.05) is 29.0 Å². The summed E-state index contributed by atoms with van der Waals surface area (Å²) in [5, 5.41) is 11.0. The Hall–Kier alpha value is -1.66. The first-order valence-electron chi connectivity index (χ1n) is 5.14. The van der Waals surface area contributed by atoms with Crippen molar-refractivity contribution in [2.75, 3.05) is 5.32 Å². The molecule has 2 aromatic rings. The van der Waals surface area contributed by atoms with E-state index in [1.165, 1.54) is 16.8 Å². The number of halogens is 1. The Morgan fingerprint density at radius 2 is 2.39 bits per heavy atom. The van der Waals surface area contributed by atoms with E-state index in [9.17, 15) is 4.79 Å². The molecule has 0 bridgehead atoms. The van der Waals surface area contributed by atoms with Gasteiger partial charge in [0.15, 0.2) is 6.10 Å². The summed E-state index contributed by atoms with van der Waals surface area (Å²) in [5.74, 6) is 0.258. The number of amides is 1. The normalized spacial score (nSPS) is 11.9. The highest BCUT2D eigenvalue weighted by Crippen LogP contribution is 2.18. The number of anilines is 1. The molecule has 94 valence electrons. The molecule has 0 radical (unpaired) electrons. The highest BCUT2D eigenvalue weighted by molar-refractivity contribution is 7.13. The molecule has 1 amide bonds. The quantitative estimate of drug-likeness (QED) is 0.937. The van der Waals surface area contributed by atoms with Gasteiger partial charge in [0.1, 0.15) is 11.3 Å². The molecule has 2 rings (SSSR count). The van der Waals surface area contributed by atoms with Crippen LogP contribution >= 0.6 is 22.9 Å². The maximum absolute atomic E-state index is 11.8. The van der Waals surface area contributed by atoms with Crippen molar-refractivity contribution in [1.82, 2.24) is 10.2 Å². The van der Waals surface area contributed by atoms with Gasteiger partial charge in [0.2, 0.25) is 5.13 Å². The smallest absolute Gasteiger partial charge is 0.266 e. The van der Waals surface area contributed by atoms with E-state index in [0.29, 0.717) is 15.9 Å². The minimum atomic E-state index is -0.646. The lowest BCUT2D eigenvalue weighted by Gasteiger charge is -2.13. The molecule has 0 saturated carbocycles. The average molecular weight is 284 g/mol. The summed E-state index contributed by atoms with van der Waals surface area (Å²) >= 11 is 7.07. The van der Waals surface area contributed by atoms with Crippen LogP contribution in [0.25, 0.3) is 0 Å². The van der Waals surface area contributed by atoms with Crippen LogP contribution in [-0.4, -0.2) is 22.2 Å². The maximum atomic E-state index is 11.8. The van der Waals surface area contributed by atoms with E-state index in [1.807, 2.05) is 0 Å². The van der Waals surface area contributed by atoms with Crippen molar-refractivity contribution in [3.63, 3.8) is 0 Å². The Labute approximate surface area is 113 Å². The van der Waals surface area contributed by atoms with E-state index in [4.69, 9.17) is 16.3 Å². The van der Waals surface area contributed by atoms with Crippen molar-refractivity contribution in [2.24, 2.45) is 0 Å². The van der Waals surface area contributed by atoms with Crippen molar-refractivity contribution < 1.29 is 9.53 Å². The average Bonchev–Trinajstić information content (AvgIpc) is 2.81. The largest absolute Gasteiger partial charge is 0.481 e. The van der Waals surface area contributed by atoms with Crippen LogP contribution in [0.3, 0.4) is 0 Å². The molecule has 1 atom stereocenters. The second-order valence-corrected chi connectivity index (χ2v) is 4.72. The molecule has 18 heavy (non-hydrogen) atoms. The van der Waals surface area contributed by atoms with Crippen LogP contribution in [0, 0.1) is 0 Å². The van der Waals surface area contributed by atoms with Crippen LogP contribution in [0.5, 0.6) is 5.75 Å². The molecule has 5 nitrogen and oxygen atoms in total. The first-order chi connectivity index (χ1) is 8.65. The van der Waals surface area contributed by atoms with Crippen LogP contribution in [0.1, 0.15) is 6.92 Å². The minimum absolute atomic E-state index is 0.285. The number of hydrogen-bond donors (Lipinski definition) is 1. The summed E-state index contributed by atoms with van der Waals surface area (Å²) in [6, 6.07) is 6.88. The van der Waals surface area contributed by atoms with Gasteiger partial charge in [-0.05, 0) is 25.1 Å². The maximum Gasteiger partial charge on any atom is 0.266 e. The van der Waals surface area contributed by atoms with E-state index >= 15 is 0 Å². The Kier molecular flexibility index (Phi) is 4.11. The topological polar surface area (TPSA) is 64.1 Å². The Balaban J connectivity index is 1.95. The lowest BCUT2D eigenvalue weighted by atomic mass is 10.3. The second kappa shape index (κ2) is 5.79. The molecule has 0 aliphatic heterocycles. The predicted molar refractivity (Wildman–Crippen MR) is 70.1 cm³/mol. The van der Waals surface area contributed by atoms with Crippen LogP contribution in [0.4, 0.5) is 5.13 Å². The van der Waals surface area contributed by atoms with Gasteiger partial charge in [-0.2, -0.15) is 0 Å². The van der Waals surface area contributed by atoms with E-state index in [-0.39, 0.29) is 5.91 Å². The van der Waals surface area contributed by atoms with E-state index in [1.54, 1.807) is 31.2 Å². The summed E-state index contributed by atoms with van der Waals surface area (Å²) in [6.07, 6.45) is -0.646. The van der Waals surface area contributed by atoms with Gasteiger partial charge in [0.05, 0.1) is 0 Å². The van der Waals surface area contributed by atoms with E-state index < -0.39 is 6.10 Å². The van der Waals surface area contributed by atoms with Crippen LogP contribution < -0.4 is 10.1 Å². The third kappa shape index (κ3) is 3.41. The number of carbonyl (C=O) groups excluding carboxylic acids is 1. The monoisotopic (exact) mass is 283 g/mol. The summed E-state index contributed by atoms with van der Waals surface area (Å²) in [7, 11) is 0. The number of ether oxygens (including phenoxy) is 1. The molecular formula is C11H10ClN3O2S. The molecule has 1 aromatic carbocycles. The molecule has 1 unspecified atom stereocenters. The molecule has 0 aliphatic rings. The van der Waals surface area contributed by atoms with Crippen molar-refractivity contribution >= 4 is 34.0 Å². The van der Waals surface area contributed by atoms with Crippen LogP contribution in [0.2, 0.25) is 5.02 Å². The molecule has 0 fully saturated rings. The molecule has 1 aromatic heterocycles. The highest BCUT2D eigenvalue weighted by Gasteiger charge is 2.16. The minimum Gasteiger partial charge on any atom is -0.481 e. The number of aromatic nitrogens is 2. The molecule has 0 saturated heterocycles.